The van der Waals surface area contributed by atoms with E-state index in [1.807, 2.05) is 55.5 Å². The highest BCUT2D eigenvalue weighted by Gasteiger charge is 2.25. The molecule has 25 heavy (non-hydrogen) atoms. The number of rotatable bonds is 6. The van der Waals surface area contributed by atoms with E-state index in [1.165, 1.54) is 0 Å². The molecule has 5 heteroatoms. The van der Waals surface area contributed by atoms with Crippen LogP contribution in [0.1, 0.15) is 31.3 Å². The van der Waals surface area contributed by atoms with Crippen LogP contribution in [0.2, 0.25) is 0 Å². The Kier molecular flexibility index (Phi) is 5.14. The maximum Gasteiger partial charge on any atom is 0.246 e. The Bertz CT molecular complexity index is 854. The van der Waals surface area contributed by atoms with Gasteiger partial charge in [-0.1, -0.05) is 44.2 Å². The fourth-order valence-corrected chi connectivity index (χ4v) is 3.08. The third kappa shape index (κ3) is 3.72. The summed E-state index contributed by atoms with van der Waals surface area (Å²) in [5, 5.41) is 3.02. The molecule has 1 aromatic heterocycles. The van der Waals surface area contributed by atoms with Crippen molar-refractivity contribution in [3.05, 3.63) is 60.0 Å². The molecule has 0 aliphatic rings. The number of anilines is 1. The van der Waals surface area contributed by atoms with Crippen LogP contribution in [0.5, 0.6) is 0 Å². The van der Waals surface area contributed by atoms with E-state index in [2.05, 4.69) is 29.0 Å². The van der Waals surface area contributed by atoms with Crippen molar-refractivity contribution >= 4 is 22.7 Å². The predicted molar refractivity (Wildman–Crippen MR) is 99.5 cm³/mol. The van der Waals surface area contributed by atoms with Crippen LogP contribution in [-0.2, 0) is 4.79 Å². The summed E-state index contributed by atoms with van der Waals surface area (Å²) in [5.74, 6) is 0.564. The van der Waals surface area contributed by atoms with Gasteiger partial charge in [0.15, 0.2) is 11.5 Å². The van der Waals surface area contributed by atoms with E-state index in [1.54, 1.807) is 0 Å². The maximum absolute atomic E-state index is 13.0. The second-order valence-electron chi connectivity index (χ2n) is 5.94. The molecule has 0 saturated heterocycles. The molecular formula is C20H23N3O2. The van der Waals surface area contributed by atoms with Gasteiger partial charge >= 0.3 is 0 Å². The molecule has 0 aliphatic heterocycles. The smallest absolute Gasteiger partial charge is 0.246 e. The van der Waals surface area contributed by atoms with E-state index in [4.69, 9.17) is 4.42 Å². The molecule has 1 heterocycles. The van der Waals surface area contributed by atoms with Gasteiger partial charge in [-0.15, -0.1) is 0 Å². The molecule has 1 amide bonds. The lowest BCUT2D eigenvalue weighted by Crippen LogP contribution is -2.37. The number of nitrogens with one attached hydrogen (secondary N) is 1. The van der Waals surface area contributed by atoms with E-state index < -0.39 is 0 Å². The Morgan fingerprint density at radius 1 is 1.16 bits per heavy atom. The molecule has 0 radical (unpaired) electrons. The van der Waals surface area contributed by atoms with Crippen molar-refractivity contribution < 1.29 is 9.21 Å². The van der Waals surface area contributed by atoms with Gasteiger partial charge in [0.1, 0.15) is 11.6 Å². The van der Waals surface area contributed by atoms with Crippen LogP contribution in [0.3, 0.4) is 0 Å². The molecule has 1 N–H and O–H groups in total. The van der Waals surface area contributed by atoms with Crippen LogP contribution in [0.4, 0.5) is 5.69 Å². The molecule has 0 fully saturated rings. The number of benzene rings is 2. The van der Waals surface area contributed by atoms with Gasteiger partial charge in [0.05, 0.1) is 0 Å². The van der Waals surface area contributed by atoms with Gasteiger partial charge in [0.2, 0.25) is 5.91 Å². The summed E-state index contributed by atoms with van der Waals surface area (Å²) in [6, 6.07) is 15.1. The SMILES string of the molecule is CCN(CC)C(C(=O)Nc1ccc2nc(C)oc2c1)c1ccccc1. The minimum absolute atomic E-state index is 0.0505. The van der Waals surface area contributed by atoms with Crippen molar-refractivity contribution in [1.82, 2.24) is 9.88 Å². The molecule has 3 aromatic rings. The van der Waals surface area contributed by atoms with E-state index >= 15 is 0 Å². The number of carbonyl (C=O) groups excluding carboxylic acids is 1. The predicted octanol–water partition coefficient (Wildman–Crippen LogP) is 4.16. The van der Waals surface area contributed by atoms with Crippen molar-refractivity contribution in [2.24, 2.45) is 0 Å². The number of oxazole rings is 1. The molecule has 1 atom stereocenters. The van der Waals surface area contributed by atoms with Gasteiger partial charge in [-0.25, -0.2) is 4.98 Å². The van der Waals surface area contributed by atoms with E-state index in [0.717, 1.165) is 24.2 Å². The fourth-order valence-electron chi connectivity index (χ4n) is 3.08. The molecule has 0 aliphatic carbocycles. The Balaban J connectivity index is 1.88. The number of hydrogen-bond acceptors (Lipinski definition) is 4. The number of hydrogen-bond donors (Lipinski definition) is 1. The van der Waals surface area contributed by atoms with Crippen LogP contribution < -0.4 is 5.32 Å². The number of aryl methyl sites for hydroxylation is 1. The minimum Gasteiger partial charge on any atom is -0.441 e. The summed E-state index contributed by atoms with van der Waals surface area (Å²) in [6.07, 6.45) is 0. The van der Waals surface area contributed by atoms with Crippen molar-refractivity contribution in [2.45, 2.75) is 26.8 Å². The zero-order chi connectivity index (χ0) is 17.8. The normalized spacial score (nSPS) is 12.5. The van der Waals surface area contributed by atoms with Crippen LogP contribution in [-0.4, -0.2) is 28.9 Å². The Morgan fingerprint density at radius 2 is 1.88 bits per heavy atom. The van der Waals surface area contributed by atoms with Crippen LogP contribution >= 0.6 is 0 Å². The molecular weight excluding hydrogens is 314 g/mol. The number of fused-ring (bicyclic) bond motifs is 1. The number of amides is 1. The Morgan fingerprint density at radius 3 is 2.56 bits per heavy atom. The molecule has 3 rings (SSSR count). The second-order valence-corrected chi connectivity index (χ2v) is 5.94. The molecule has 1 unspecified atom stereocenters. The molecule has 130 valence electrons. The summed E-state index contributed by atoms with van der Waals surface area (Å²) in [5.41, 5.74) is 3.16. The highest BCUT2D eigenvalue weighted by Crippen LogP contribution is 2.24. The molecule has 0 bridgehead atoms. The minimum atomic E-state index is -0.330. The van der Waals surface area contributed by atoms with Crippen molar-refractivity contribution in [1.29, 1.82) is 0 Å². The molecule has 0 spiro atoms. The zero-order valence-corrected chi connectivity index (χ0v) is 14.8. The zero-order valence-electron chi connectivity index (χ0n) is 14.8. The summed E-state index contributed by atoms with van der Waals surface area (Å²) in [7, 11) is 0. The first-order valence-electron chi connectivity index (χ1n) is 8.59. The van der Waals surface area contributed by atoms with Gasteiger partial charge in [-0.05, 0) is 30.8 Å². The van der Waals surface area contributed by atoms with Gasteiger partial charge in [-0.3, -0.25) is 9.69 Å². The number of nitrogens with zero attached hydrogens (tertiary/aromatic N) is 2. The molecule has 0 saturated carbocycles. The first-order chi connectivity index (χ1) is 12.1. The van der Waals surface area contributed by atoms with Crippen molar-refractivity contribution in [3.8, 4) is 0 Å². The topological polar surface area (TPSA) is 58.4 Å². The highest BCUT2D eigenvalue weighted by molar-refractivity contribution is 5.96. The monoisotopic (exact) mass is 337 g/mol. The van der Waals surface area contributed by atoms with E-state index in [-0.39, 0.29) is 11.9 Å². The van der Waals surface area contributed by atoms with Gasteiger partial charge in [0.25, 0.3) is 0 Å². The average Bonchev–Trinajstić information content (AvgIpc) is 2.99. The van der Waals surface area contributed by atoms with Crippen LogP contribution in [0.25, 0.3) is 11.1 Å². The van der Waals surface area contributed by atoms with Gasteiger partial charge in [-0.2, -0.15) is 0 Å². The Labute approximate surface area is 147 Å². The third-order valence-electron chi connectivity index (χ3n) is 4.30. The quantitative estimate of drug-likeness (QED) is 0.734. The largest absolute Gasteiger partial charge is 0.441 e. The fraction of sp³-hybridized carbons (Fsp3) is 0.300. The third-order valence-corrected chi connectivity index (χ3v) is 4.30. The number of likely N-dealkylation sites (N-methyl/N-ethyl adjacent to an activating group) is 1. The summed E-state index contributed by atoms with van der Waals surface area (Å²) < 4.78 is 5.55. The summed E-state index contributed by atoms with van der Waals surface area (Å²) in [4.78, 5) is 19.4. The first-order valence-corrected chi connectivity index (χ1v) is 8.59. The van der Waals surface area contributed by atoms with Crippen LogP contribution in [0.15, 0.2) is 52.9 Å². The van der Waals surface area contributed by atoms with Crippen molar-refractivity contribution in [2.75, 3.05) is 18.4 Å². The lowest BCUT2D eigenvalue weighted by molar-refractivity contribution is -0.121. The molecule has 5 nitrogen and oxygen atoms in total. The van der Waals surface area contributed by atoms with E-state index in [0.29, 0.717) is 17.2 Å². The van der Waals surface area contributed by atoms with E-state index in [9.17, 15) is 4.79 Å². The summed E-state index contributed by atoms with van der Waals surface area (Å²) >= 11 is 0. The standard InChI is InChI=1S/C20H23N3O2/c1-4-23(5-2)19(15-9-7-6-8-10-15)20(24)22-16-11-12-17-18(13-16)25-14(3)21-17/h6-13,19H,4-5H2,1-3H3,(H,22,24). The average molecular weight is 337 g/mol. The highest BCUT2D eigenvalue weighted by atomic mass is 16.3. The lowest BCUT2D eigenvalue weighted by Gasteiger charge is -2.29. The van der Waals surface area contributed by atoms with Gasteiger partial charge < -0.3 is 9.73 Å². The van der Waals surface area contributed by atoms with Gasteiger partial charge in [0, 0.05) is 18.7 Å². The first kappa shape index (κ1) is 17.2. The molecule has 2 aromatic carbocycles. The Hall–Kier alpha value is -2.66. The summed E-state index contributed by atoms with van der Waals surface area (Å²) in [6.45, 7) is 7.53. The maximum atomic E-state index is 13.0. The number of aromatic nitrogens is 1. The number of carbonyl (C=O) groups is 1. The second kappa shape index (κ2) is 7.49. The van der Waals surface area contributed by atoms with Crippen molar-refractivity contribution in [3.63, 3.8) is 0 Å². The lowest BCUT2D eigenvalue weighted by atomic mass is 10.0. The van der Waals surface area contributed by atoms with Crippen LogP contribution in [0, 0.1) is 6.92 Å².